The standard InChI is InChI=1S/C9H11N5O2/c1-6(9(15)16)14-5-8(10-12-14)7-3-4-13(2)11-7/h3-6H,1-2H3,(H,15,16)/t6-/m0/s1. The monoisotopic (exact) mass is 221 g/mol. The lowest BCUT2D eigenvalue weighted by atomic mass is 10.3. The van der Waals surface area contributed by atoms with Crippen LogP contribution in [0.1, 0.15) is 13.0 Å². The van der Waals surface area contributed by atoms with Crippen LogP contribution in [0.15, 0.2) is 18.5 Å². The summed E-state index contributed by atoms with van der Waals surface area (Å²) in [6.45, 7) is 1.54. The van der Waals surface area contributed by atoms with E-state index in [1.54, 1.807) is 37.1 Å². The van der Waals surface area contributed by atoms with Crippen LogP contribution in [0.2, 0.25) is 0 Å². The first kappa shape index (κ1) is 10.3. The average molecular weight is 221 g/mol. The minimum Gasteiger partial charge on any atom is -0.480 e. The molecule has 2 heterocycles. The van der Waals surface area contributed by atoms with Gasteiger partial charge in [-0.05, 0) is 13.0 Å². The molecule has 16 heavy (non-hydrogen) atoms. The molecule has 0 spiro atoms. The van der Waals surface area contributed by atoms with Crippen LogP contribution in [-0.4, -0.2) is 35.9 Å². The summed E-state index contributed by atoms with van der Waals surface area (Å²) < 4.78 is 2.95. The van der Waals surface area contributed by atoms with Crippen LogP contribution in [-0.2, 0) is 11.8 Å². The van der Waals surface area contributed by atoms with Gasteiger partial charge in [0.15, 0.2) is 0 Å². The van der Waals surface area contributed by atoms with E-state index in [4.69, 9.17) is 5.11 Å². The highest BCUT2D eigenvalue weighted by molar-refractivity contribution is 5.71. The van der Waals surface area contributed by atoms with Crippen molar-refractivity contribution in [2.24, 2.45) is 7.05 Å². The lowest BCUT2D eigenvalue weighted by Gasteiger charge is -2.03. The first-order valence-corrected chi connectivity index (χ1v) is 4.72. The number of aryl methyl sites for hydroxylation is 1. The van der Waals surface area contributed by atoms with Crippen molar-refractivity contribution in [3.05, 3.63) is 18.5 Å². The third kappa shape index (κ3) is 1.79. The van der Waals surface area contributed by atoms with Gasteiger partial charge in [0.05, 0.1) is 6.20 Å². The van der Waals surface area contributed by atoms with E-state index < -0.39 is 12.0 Å². The summed E-state index contributed by atoms with van der Waals surface area (Å²) in [5.41, 5.74) is 1.24. The lowest BCUT2D eigenvalue weighted by Crippen LogP contribution is -2.15. The third-order valence-electron chi connectivity index (χ3n) is 2.24. The smallest absolute Gasteiger partial charge is 0.328 e. The van der Waals surface area contributed by atoms with Crippen molar-refractivity contribution in [2.75, 3.05) is 0 Å². The van der Waals surface area contributed by atoms with E-state index in [0.29, 0.717) is 11.4 Å². The van der Waals surface area contributed by atoms with Gasteiger partial charge in [-0.3, -0.25) is 4.68 Å². The van der Waals surface area contributed by atoms with E-state index >= 15 is 0 Å². The zero-order chi connectivity index (χ0) is 11.7. The molecular weight excluding hydrogens is 210 g/mol. The van der Waals surface area contributed by atoms with Crippen molar-refractivity contribution in [1.82, 2.24) is 24.8 Å². The maximum absolute atomic E-state index is 10.7. The molecule has 1 N–H and O–H groups in total. The number of carboxylic acids is 1. The molecule has 0 aromatic carbocycles. The molecule has 0 radical (unpaired) electrons. The number of rotatable bonds is 3. The van der Waals surface area contributed by atoms with E-state index in [9.17, 15) is 4.79 Å². The van der Waals surface area contributed by atoms with E-state index in [2.05, 4.69) is 15.4 Å². The first-order chi connectivity index (χ1) is 7.58. The second kappa shape index (κ2) is 3.76. The molecule has 2 aromatic heterocycles. The average Bonchev–Trinajstić information content (AvgIpc) is 2.84. The molecule has 2 aromatic rings. The van der Waals surface area contributed by atoms with Crippen molar-refractivity contribution in [1.29, 1.82) is 0 Å². The molecule has 0 amide bonds. The second-order valence-corrected chi connectivity index (χ2v) is 3.47. The highest BCUT2D eigenvalue weighted by atomic mass is 16.4. The third-order valence-corrected chi connectivity index (χ3v) is 2.24. The summed E-state index contributed by atoms with van der Waals surface area (Å²) in [6.07, 6.45) is 3.36. The number of aromatic nitrogens is 5. The van der Waals surface area contributed by atoms with Crippen molar-refractivity contribution in [2.45, 2.75) is 13.0 Å². The predicted molar refractivity (Wildman–Crippen MR) is 54.6 cm³/mol. The van der Waals surface area contributed by atoms with Crippen LogP contribution in [0, 0.1) is 0 Å². The van der Waals surface area contributed by atoms with Gasteiger partial charge in [-0.25, -0.2) is 9.48 Å². The molecule has 1 atom stereocenters. The zero-order valence-electron chi connectivity index (χ0n) is 8.90. The van der Waals surface area contributed by atoms with Gasteiger partial charge < -0.3 is 5.11 Å². The molecular formula is C9H11N5O2. The van der Waals surface area contributed by atoms with Crippen LogP contribution in [0.5, 0.6) is 0 Å². The van der Waals surface area contributed by atoms with E-state index in [-0.39, 0.29) is 0 Å². The van der Waals surface area contributed by atoms with Gasteiger partial charge in [0, 0.05) is 13.2 Å². The molecule has 0 aliphatic heterocycles. The maximum atomic E-state index is 10.7. The number of carbonyl (C=O) groups is 1. The van der Waals surface area contributed by atoms with Crippen molar-refractivity contribution in [3.63, 3.8) is 0 Å². The Hall–Kier alpha value is -2.18. The Bertz CT molecular complexity index is 515. The number of carboxylic acid groups (broad SMARTS) is 1. The summed E-state index contributed by atoms with van der Waals surface area (Å²) in [4.78, 5) is 10.7. The van der Waals surface area contributed by atoms with Crippen LogP contribution in [0.3, 0.4) is 0 Å². The topological polar surface area (TPSA) is 85.8 Å². The predicted octanol–water partition coefficient (Wildman–Crippen LogP) is 0.324. The second-order valence-electron chi connectivity index (χ2n) is 3.47. The van der Waals surface area contributed by atoms with Gasteiger partial charge in [-0.15, -0.1) is 5.10 Å². The molecule has 0 fully saturated rings. The van der Waals surface area contributed by atoms with Crippen LogP contribution in [0.25, 0.3) is 11.4 Å². The van der Waals surface area contributed by atoms with E-state index in [1.807, 2.05) is 0 Å². The van der Waals surface area contributed by atoms with Gasteiger partial charge in [0.2, 0.25) is 0 Å². The highest BCUT2D eigenvalue weighted by Gasteiger charge is 2.16. The largest absolute Gasteiger partial charge is 0.480 e. The SMILES string of the molecule is C[C@@H](C(=O)O)n1cc(-c2ccn(C)n2)nn1. The Morgan fingerprint density at radius 2 is 2.25 bits per heavy atom. The fourth-order valence-corrected chi connectivity index (χ4v) is 1.25. The molecule has 0 unspecified atom stereocenters. The van der Waals surface area contributed by atoms with Crippen molar-refractivity contribution >= 4 is 5.97 Å². The minimum absolute atomic E-state index is 0.564. The van der Waals surface area contributed by atoms with Crippen LogP contribution < -0.4 is 0 Å². The van der Waals surface area contributed by atoms with E-state index in [0.717, 1.165) is 0 Å². The Balaban J connectivity index is 2.29. The summed E-state index contributed by atoms with van der Waals surface area (Å²) >= 11 is 0. The summed E-state index contributed by atoms with van der Waals surface area (Å²) in [5.74, 6) is -0.947. The van der Waals surface area contributed by atoms with Crippen LogP contribution in [0.4, 0.5) is 0 Å². The van der Waals surface area contributed by atoms with Gasteiger partial charge in [0.1, 0.15) is 17.4 Å². The number of hydrogen-bond acceptors (Lipinski definition) is 4. The van der Waals surface area contributed by atoms with Crippen LogP contribution >= 0.6 is 0 Å². The Morgan fingerprint density at radius 1 is 1.50 bits per heavy atom. The molecule has 0 aliphatic carbocycles. The van der Waals surface area contributed by atoms with E-state index in [1.165, 1.54) is 4.68 Å². The molecule has 0 saturated carbocycles. The molecule has 7 heteroatoms. The number of nitrogens with zero attached hydrogens (tertiary/aromatic N) is 5. The van der Waals surface area contributed by atoms with Crippen molar-refractivity contribution in [3.8, 4) is 11.4 Å². The van der Waals surface area contributed by atoms with Gasteiger partial charge >= 0.3 is 5.97 Å². The molecule has 7 nitrogen and oxygen atoms in total. The Kier molecular flexibility index (Phi) is 2.43. The first-order valence-electron chi connectivity index (χ1n) is 4.72. The molecule has 2 rings (SSSR count). The van der Waals surface area contributed by atoms with Gasteiger partial charge in [-0.2, -0.15) is 5.10 Å². The quantitative estimate of drug-likeness (QED) is 0.806. The molecule has 84 valence electrons. The van der Waals surface area contributed by atoms with Gasteiger partial charge in [-0.1, -0.05) is 5.21 Å². The zero-order valence-corrected chi connectivity index (χ0v) is 8.90. The molecule has 0 bridgehead atoms. The Labute approximate surface area is 91.3 Å². The summed E-state index contributed by atoms with van der Waals surface area (Å²) in [7, 11) is 1.80. The lowest BCUT2D eigenvalue weighted by molar-refractivity contribution is -0.140. The summed E-state index contributed by atoms with van der Waals surface area (Å²) in [5, 5.41) is 20.6. The molecule has 0 saturated heterocycles. The normalized spacial score (nSPS) is 12.6. The highest BCUT2D eigenvalue weighted by Crippen LogP contribution is 2.14. The fourth-order valence-electron chi connectivity index (χ4n) is 1.25. The summed E-state index contributed by atoms with van der Waals surface area (Å²) in [6, 6.07) is 1.06. The number of hydrogen-bond donors (Lipinski definition) is 1. The molecule has 0 aliphatic rings. The maximum Gasteiger partial charge on any atom is 0.328 e. The Morgan fingerprint density at radius 3 is 2.81 bits per heavy atom. The van der Waals surface area contributed by atoms with Crippen molar-refractivity contribution < 1.29 is 9.90 Å². The number of aliphatic carboxylic acids is 1. The minimum atomic E-state index is -0.947. The van der Waals surface area contributed by atoms with Gasteiger partial charge in [0.25, 0.3) is 0 Å². The fraction of sp³-hybridized carbons (Fsp3) is 0.333.